The summed E-state index contributed by atoms with van der Waals surface area (Å²) in [6.07, 6.45) is 1.69. The highest BCUT2D eigenvalue weighted by Crippen LogP contribution is 2.31. The van der Waals surface area contributed by atoms with Crippen molar-refractivity contribution in [1.82, 2.24) is 10.6 Å². The van der Waals surface area contributed by atoms with Crippen LogP contribution in [0.25, 0.3) is 0 Å². The van der Waals surface area contributed by atoms with E-state index < -0.39 is 0 Å². The van der Waals surface area contributed by atoms with Crippen LogP contribution in [0.3, 0.4) is 0 Å². The Morgan fingerprint density at radius 2 is 2.29 bits per heavy atom. The summed E-state index contributed by atoms with van der Waals surface area (Å²) < 4.78 is 6.48. The Morgan fingerprint density at radius 1 is 1.46 bits per heavy atom. The van der Waals surface area contributed by atoms with Crippen molar-refractivity contribution in [2.75, 3.05) is 32.9 Å². The smallest absolute Gasteiger partial charge is 0.191 e. The van der Waals surface area contributed by atoms with Crippen molar-refractivity contribution in [2.45, 2.75) is 26.3 Å². The van der Waals surface area contributed by atoms with E-state index in [2.05, 4.69) is 31.6 Å². The number of aliphatic imine (C=N–C) groups is 1. The van der Waals surface area contributed by atoms with Crippen molar-refractivity contribution >= 4 is 33.5 Å². The van der Waals surface area contributed by atoms with Crippen LogP contribution < -0.4 is 10.6 Å². The Hall–Kier alpha value is -0.820. The standard InChI is InChI=1S/C17H25BrClN3O2/c1-2-20-16(21-10-13-3-4-14(18)9-15(13)19)22-11-17(5-7-23)6-8-24-12-17/h3-4,9,23H,2,5-8,10-12H2,1H3,(H2,20,21,22). The molecule has 3 N–H and O–H groups in total. The number of nitrogens with zero attached hydrogens (tertiary/aromatic N) is 1. The van der Waals surface area contributed by atoms with E-state index in [1.807, 2.05) is 25.1 Å². The molecule has 0 spiro atoms. The van der Waals surface area contributed by atoms with Crippen LogP contribution >= 0.6 is 27.5 Å². The monoisotopic (exact) mass is 417 g/mol. The highest BCUT2D eigenvalue weighted by molar-refractivity contribution is 9.10. The predicted octanol–water partition coefficient (Wildman–Crippen LogP) is 2.95. The normalized spacial score (nSPS) is 21.1. The maximum Gasteiger partial charge on any atom is 0.191 e. The zero-order chi connectivity index (χ0) is 17.4. The number of rotatable bonds is 7. The average molecular weight is 419 g/mol. The van der Waals surface area contributed by atoms with Crippen molar-refractivity contribution in [2.24, 2.45) is 10.4 Å². The first-order valence-corrected chi connectivity index (χ1v) is 9.40. The number of nitrogens with one attached hydrogen (secondary N) is 2. The molecule has 1 aliphatic heterocycles. The van der Waals surface area contributed by atoms with Gasteiger partial charge in [0.2, 0.25) is 0 Å². The van der Waals surface area contributed by atoms with Crippen LogP contribution in [0.1, 0.15) is 25.3 Å². The summed E-state index contributed by atoms with van der Waals surface area (Å²) in [5.41, 5.74) is 0.964. The summed E-state index contributed by atoms with van der Waals surface area (Å²) in [4.78, 5) is 4.62. The fourth-order valence-corrected chi connectivity index (χ4v) is 3.47. The molecular formula is C17H25BrClN3O2. The van der Waals surface area contributed by atoms with Gasteiger partial charge in [-0.25, -0.2) is 4.99 Å². The first-order valence-electron chi connectivity index (χ1n) is 8.23. The molecule has 0 saturated carbocycles. The Morgan fingerprint density at radius 3 is 2.92 bits per heavy atom. The largest absolute Gasteiger partial charge is 0.396 e. The van der Waals surface area contributed by atoms with Gasteiger partial charge in [0.25, 0.3) is 0 Å². The quantitative estimate of drug-likeness (QED) is 0.470. The van der Waals surface area contributed by atoms with Crippen molar-refractivity contribution in [1.29, 1.82) is 0 Å². The summed E-state index contributed by atoms with van der Waals surface area (Å²) >= 11 is 9.66. The molecule has 1 aromatic rings. The summed E-state index contributed by atoms with van der Waals surface area (Å²) in [6, 6.07) is 5.81. The lowest BCUT2D eigenvalue weighted by Gasteiger charge is -2.27. The molecule has 0 amide bonds. The number of aliphatic hydroxyl groups is 1. The van der Waals surface area contributed by atoms with Gasteiger partial charge in [-0.05, 0) is 37.5 Å². The molecule has 0 aliphatic carbocycles. The Kier molecular flexibility index (Phi) is 7.81. The van der Waals surface area contributed by atoms with Crippen LogP contribution in [0.2, 0.25) is 5.02 Å². The molecule has 1 saturated heterocycles. The maximum atomic E-state index is 9.32. The van der Waals surface area contributed by atoms with Gasteiger partial charge in [0.1, 0.15) is 0 Å². The second-order valence-corrected chi connectivity index (χ2v) is 7.38. The molecule has 2 rings (SSSR count). The van der Waals surface area contributed by atoms with Gasteiger partial charge in [-0.2, -0.15) is 0 Å². The Bertz CT molecular complexity index is 563. The third kappa shape index (κ3) is 5.62. The zero-order valence-electron chi connectivity index (χ0n) is 13.9. The number of ether oxygens (including phenoxy) is 1. The van der Waals surface area contributed by atoms with E-state index in [4.69, 9.17) is 16.3 Å². The maximum absolute atomic E-state index is 9.32. The Labute approximate surface area is 157 Å². The number of hydrogen-bond acceptors (Lipinski definition) is 3. The predicted molar refractivity (Wildman–Crippen MR) is 102 cm³/mol. The molecular weight excluding hydrogens is 394 g/mol. The van der Waals surface area contributed by atoms with Crippen LogP contribution in [0, 0.1) is 5.41 Å². The molecule has 7 heteroatoms. The van der Waals surface area contributed by atoms with Gasteiger partial charge in [0.05, 0.1) is 13.2 Å². The number of benzene rings is 1. The number of guanidine groups is 1. The SMILES string of the molecule is CCNC(=NCc1ccc(Br)cc1Cl)NCC1(CCO)CCOC1. The number of hydrogen-bond donors (Lipinski definition) is 3. The molecule has 5 nitrogen and oxygen atoms in total. The van der Waals surface area contributed by atoms with Gasteiger partial charge < -0.3 is 20.5 Å². The molecule has 0 radical (unpaired) electrons. The Balaban J connectivity index is 1.99. The summed E-state index contributed by atoms with van der Waals surface area (Å²) in [7, 11) is 0. The van der Waals surface area contributed by atoms with Crippen molar-refractivity contribution in [3.8, 4) is 0 Å². The molecule has 0 aromatic heterocycles. The lowest BCUT2D eigenvalue weighted by Crippen LogP contribution is -2.44. The van der Waals surface area contributed by atoms with Gasteiger partial charge in [0.15, 0.2) is 5.96 Å². The van der Waals surface area contributed by atoms with Crippen LogP contribution in [0.4, 0.5) is 0 Å². The minimum atomic E-state index is -0.0137. The minimum absolute atomic E-state index is 0.0137. The first-order chi connectivity index (χ1) is 11.6. The van der Waals surface area contributed by atoms with Gasteiger partial charge in [-0.15, -0.1) is 0 Å². The van der Waals surface area contributed by atoms with E-state index in [0.29, 0.717) is 18.2 Å². The third-order valence-electron chi connectivity index (χ3n) is 4.22. The van der Waals surface area contributed by atoms with Crippen LogP contribution in [0.5, 0.6) is 0 Å². The second-order valence-electron chi connectivity index (χ2n) is 6.06. The van der Waals surface area contributed by atoms with Crippen molar-refractivity contribution in [3.05, 3.63) is 33.3 Å². The third-order valence-corrected chi connectivity index (χ3v) is 5.07. The van der Waals surface area contributed by atoms with Crippen LogP contribution in [0.15, 0.2) is 27.7 Å². The van der Waals surface area contributed by atoms with Crippen molar-refractivity contribution < 1.29 is 9.84 Å². The molecule has 1 heterocycles. The van der Waals surface area contributed by atoms with E-state index in [9.17, 15) is 5.11 Å². The van der Waals surface area contributed by atoms with E-state index >= 15 is 0 Å². The van der Waals surface area contributed by atoms with Crippen LogP contribution in [-0.2, 0) is 11.3 Å². The minimum Gasteiger partial charge on any atom is -0.396 e. The lowest BCUT2D eigenvalue weighted by atomic mass is 9.84. The van der Waals surface area contributed by atoms with Gasteiger partial charge >= 0.3 is 0 Å². The molecule has 1 aromatic carbocycles. The molecule has 134 valence electrons. The first kappa shape index (κ1) is 19.5. The van der Waals surface area contributed by atoms with E-state index in [1.54, 1.807) is 0 Å². The summed E-state index contributed by atoms with van der Waals surface area (Å²) in [5, 5.41) is 16.7. The molecule has 24 heavy (non-hydrogen) atoms. The second kappa shape index (κ2) is 9.61. The van der Waals surface area contributed by atoms with Gasteiger partial charge in [0, 0.05) is 41.2 Å². The van der Waals surface area contributed by atoms with E-state index in [-0.39, 0.29) is 12.0 Å². The molecule has 1 unspecified atom stereocenters. The topological polar surface area (TPSA) is 65.9 Å². The highest BCUT2D eigenvalue weighted by atomic mass is 79.9. The average Bonchev–Trinajstić information content (AvgIpc) is 3.01. The van der Waals surface area contributed by atoms with Crippen molar-refractivity contribution in [3.63, 3.8) is 0 Å². The van der Waals surface area contributed by atoms with Gasteiger partial charge in [-0.3, -0.25) is 0 Å². The summed E-state index contributed by atoms with van der Waals surface area (Å²) in [6.45, 7) is 5.66. The van der Waals surface area contributed by atoms with E-state index in [1.165, 1.54) is 0 Å². The number of halogens is 2. The fourth-order valence-electron chi connectivity index (χ4n) is 2.74. The fraction of sp³-hybridized carbons (Fsp3) is 0.588. The highest BCUT2D eigenvalue weighted by Gasteiger charge is 2.34. The van der Waals surface area contributed by atoms with Gasteiger partial charge in [-0.1, -0.05) is 33.6 Å². The number of aliphatic hydroxyl groups excluding tert-OH is 1. The molecule has 1 aliphatic rings. The summed E-state index contributed by atoms with van der Waals surface area (Å²) in [5.74, 6) is 0.751. The molecule has 1 atom stereocenters. The lowest BCUT2D eigenvalue weighted by molar-refractivity contribution is 0.127. The molecule has 0 bridgehead atoms. The molecule has 1 fully saturated rings. The zero-order valence-corrected chi connectivity index (χ0v) is 16.3. The van der Waals surface area contributed by atoms with Crippen LogP contribution in [-0.4, -0.2) is 44.0 Å². The van der Waals surface area contributed by atoms with E-state index in [0.717, 1.165) is 48.5 Å².